The molecule has 1 aromatic carbocycles. The van der Waals surface area contributed by atoms with Gasteiger partial charge in [-0.2, -0.15) is 5.10 Å². The lowest BCUT2D eigenvalue weighted by molar-refractivity contribution is 0.0686. The number of aromatic nitrogens is 2. The van der Waals surface area contributed by atoms with Gasteiger partial charge in [0.1, 0.15) is 0 Å². The maximum atomic E-state index is 13.2. The minimum atomic E-state index is 0. The average molecular weight is 389 g/mol. The van der Waals surface area contributed by atoms with Crippen molar-refractivity contribution in [2.45, 2.75) is 38.0 Å². The normalized spacial score (nSPS) is 17.6. The summed E-state index contributed by atoms with van der Waals surface area (Å²) in [5, 5.41) is 7.81. The van der Waals surface area contributed by atoms with Crippen molar-refractivity contribution in [3.8, 4) is 5.69 Å². The molecular weight excluding hydrogens is 360 g/mol. The summed E-state index contributed by atoms with van der Waals surface area (Å²) in [6, 6.07) is 10.2. The molecule has 4 rings (SSSR count). The van der Waals surface area contributed by atoms with Gasteiger partial charge in [-0.1, -0.05) is 18.2 Å². The quantitative estimate of drug-likeness (QED) is 0.822. The SMILES string of the molecule is CNCCC1CCN(C(=O)c2cnn(-c3ccccc3)c2C2CC2)CC1.Cl. The molecule has 0 unspecified atom stereocenters. The third-order valence-corrected chi connectivity index (χ3v) is 5.71. The zero-order chi connectivity index (χ0) is 17.9. The van der Waals surface area contributed by atoms with Gasteiger partial charge in [0.05, 0.1) is 23.1 Å². The molecule has 1 aromatic heterocycles. The minimum Gasteiger partial charge on any atom is -0.339 e. The molecule has 27 heavy (non-hydrogen) atoms. The van der Waals surface area contributed by atoms with E-state index in [9.17, 15) is 4.79 Å². The van der Waals surface area contributed by atoms with Crippen molar-refractivity contribution in [2.24, 2.45) is 5.92 Å². The number of carbonyl (C=O) groups excluding carboxylic acids is 1. The van der Waals surface area contributed by atoms with E-state index in [-0.39, 0.29) is 18.3 Å². The molecule has 1 saturated carbocycles. The van der Waals surface area contributed by atoms with Crippen LogP contribution in [0.1, 0.15) is 54.1 Å². The van der Waals surface area contributed by atoms with E-state index in [0.29, 0.717) is 5.92 Å². The summed E-state index contributed by atoms with van der Waals surface area (Å²) in [6.45, 7) is 2.80. The molecule has 2 fully saturated rings. The predicted octanol–water partition coefficient (Wildman–Crippen LogP) is 3.63. The van der Waals surface area contributed by atoms with Crippen LogP contribution in [0.2, 0.25) is 0 Å². The van der Waals surface area contributed by atoms with Gasteiger partial charge in [0, 0.05) is 19.0 Å². The summed E-state index contributed by atoms with van der Waals surface area (Å²) in [5.41, 5.74) is 2.96. The number of carbonyl (C=O) groups is 1. The number of piperidine rings is 1. The van der Waals surface area contributed by atoms with Crippen molar-refractivity contribution in [1.82, 2.24) is 20.0 Å². The highest BCUT2D eigenvalue weighted by atomic mass is 35.5. The monoisotopic (exact) mass is 388 g/mol. The fourth-order valence-corrected chi connectivity index (χ4v) is 3.99. The first-order valence-corrected chi connectivity index (χ1v) is 9.85. The van der Waals surface area contributed by atoms with Crippen molar-refractivity contribution >= 4 is 18.3 Å². The van der Waals surface area contributed by atoms with Crippen LogP contribution in [-0.2, 0) is 0 Å². The largest absolute Gasteiger partial charge is 0.339 e. The summed E-state index contributed by atoms with van der Waals surface area (Å²) in [6.07, 6.45) is 7.53. The first-order chi connectivity index (χ1) is 12.8. The molecule has 2 heterocycles. The Bertz CT molecular complexity index is 749. The Kier molecular flexibility index (Phi) is 6.55. The van der Waals surface area contributed by atoms with Gasteiger partial charge in [-0.15, -0.1) is 12.4 Å². The molecule has 0 radical (unpaired) electrons. The molecule has 0 bridgehead atoms. The van der Waals surface area contributed by atoms with Gasteiger partial charge in [0.15, 0.2) is 0 Å². The Hall–Kier alpha value is -1.85. The smallest absolute Gasteiger partial charge is 0.257 e. The lowest BCUT2D eigenvalue weighted by Gasteiger charge is -2.32. The van der Waals surface area contributed by atoms with Gasteiger partial charge in [0.2, 0.25) is 0 Å². The van der Waals surface area contributed by atoms with E-state index >= 15 is 0 Å². The van der Waals surface area contributed by atoms with Crippen molar-refractivity contribution in [1.29, 1.82) is 0 Å². The van der Waals surface area contributed by atoms with E-state index < -0.39 is 0 Å². The second-order valence-corrected chi connectivity index (χ2v) is 7.59. The van der Waals surface area contributed by atoms with Gasteiger partial charge in [0.25, 0.3) is 5.91 Å². The van der Waals surface area contributed by atoms with Crippen molar-refractivity contribution in [2.75, 3.05) is 26.7 Å². The van der Waals surface area contributed by atoms with Crippen molar-refractivity contribution < 1.29 is 4.79 Å². The highest BCUT2D eigenvalue weighted by Gasteiger charge is 2.35. The lowest BCUT2D eigenvalue weighted by Crippen LogP contribution is -2.39. The molecule has 0 atom stereocenters. The summed E-state index contributed by atoms with van der Waals surface area (Å²) in [5.74, 6) is 1.38. The van der Waals surface area contributed by atoms with Gasteiger partial charge in [-0.05, 0) is 63.7 Å². The summed E-state index contributed by atoms with van der Waals surface area (Å²) in [7, 11) is 2.00. The van der Waals surface area contributed by atoms with E-state index in [1.807, 2.05) is 34.8 Å². The first kappa shape index (κ1) is 19.9. The van der Waals surface area contributed by atoms with E-state index in [4.69, 9.17) is 0 Å². The standard InChI is InChI=1S/C21H28N4O.ClH/c1-22-12-9-16-10-13-24(14-11-16)21(26)19-15-23-25(20(19)17-7-8-17)18-5-3-2-4-6-18;/h2-6,15-17,22H,7-14H2,1H3;1H. The van der Waals surface area contributed by atoms with Crippen LogP contribution in [0, 0.1) is 5.92 Å². The number of rotatable bonds is 6. The third kappa shape index (κ3) is 4.36. The van der Waals surface area contributed by atoms with Crippen molar-refractivity contribution in [3.63, 3.8) is 0 Å². The Morgan fingerprint density at radius 3 is 2.48 bits per heavy atom. The molecule has 1 aliphatic carbocycles. The summed E-state index contributed by atoms with van der Waals surface area (Å²) < 4.78 is 1.98. The molecule has 0 spiro atoms. The zero-order valence-electron chi connectivity index (χ0n) is 15.9. The number of nitrogens with zero attached hydrogens (tertiary/aromatic N) is 3. The number of benzene rings is 1. The van der Waals surface area contributed by atoms with Gasteiger partial charge in [-0.3, -0.25) is 4.79 Å². The van der Waals surface area contributed by atoms with Crippen molar-refractivity contribution in [3.05, 3.63) is 47.8 Å². The Balaban J connectivity index is 0.00000210. The zero-order valence-corrected chi connectivity index (χ0v) is 16.8. The number of amides is 1. The number of likely N-dealkylation sites (tertiary alicyclic amines) is 1. The highest BCUT2D eigenvalue weighted by Crippen LogP contribution is 2.42. The van der Waals surface area contributed by atoms with Gasteiger partial charge >= 0.3 is 0 Å². The Morgan fingerprint density at radius 1 is 1.15 bits per heavy atom. The van der Waals surface area contributed by atoms with Crippen LogP contribution in [-0.4, -0.2) is 47.3 Å². The lowest BCUT2D eigenvalue weighted by atomic mass is 9.93. The van der Waals surface area contributed by atoms with E-state index in [0.717, 1.165) is 68.2 Å². The number of hydrogen-bond acceptors (Lipinski definition) is 3. The molecule has 1 N–H and O–H groups in total. The third-order valence-electron chi connectivity index (χ3n) is 5.71. The Labute approximate surface area is 167 Å². The highest BCUT2D eigenvalue weighted by molar-refractivity contribution is 5.95. The van der Waals surface area contributed by atoms with E-state index in [2.05, 4.69) is 22.5 Å². The fourth-order valence-electron chi connectivity index (χ4n) is 3.99. The fraction of sp³-hybridized carbons (Fsp3) is 0.524. The minimum absolute atomic E-state index is 0. The van der Waals surface area contributed by atoms with Gasteiger partial charge < -0.3 is 10.2 Å². The molecule has 2 aliphatic rings. The molecule has 1 aliphatic heterocycles. The first-order valence-electron chi connectivity index (χ1n) is 9.85. The van der Waals surface area contributed by atoms with E-state index in [1.54, 1.807) is 6.20 Å². The number of nitrogens with one attached hydrogen (secondary N) is 1. The predicted molar refractivity (Wildman–Crippen MR) is 110 cm³/mol. The maximum Gasteiger partial charge on any atom is 0.257 e. The second kappa shape index (κ2) is 8.89. The summed E-state index contributed by atoms with van der Waals surface area (Å²) in [4.78, 5) is 15.2. The number of halogens is 1. The maximum absolute atomic E-state index is 13.2. The molecule has 1 amide bonds. The second-order valence-electron chi connectivity index (χ2n) is 7.59. The summed E-state index contributed by atoms with van der Waals surface area (Å²) >= 11 is 0. The molecule has 146 valence electrons. The topological polar surface area (TPSA) is 50.2 Å². The van der Waals surface area contributed by atoms with Crippen LogP contribution in [0.15, 0.2) is 36.5 Å². The molecular formula is C21H29ClN4O. The van der Waals surface area contributed by atoms with Crippen LogP contribution in [0.4, 0.5) is 0 Å². The molecule has 2 aromatic rings. The average Bonchev–Trinajstić information content (AvgIpc) is 3.44. The Morgan fingerprint density at radius 2 is 1.85 bits per heavy atom. The van der Waals surface area contributed by atoms with E-state index in [1.165, 1.54) is 6.42 Å². The van der Waals surface area contributed by atoms with Crippen LogP contribution in [0.3, 0.4) is 0 Å². The number of hydrogen-bond donors (Lipinski definition) is 1. The number of para-hydroxylation sites is 1. The van der Waals surface area contributed by atoms with Crippen LogP contribution in [0.25, 0.3) is 5.69 Å². The molecule has 6 heteroatoms. The van der Waals surface area contributed by atoms with Gasteiger partial charge in [-0.25, -0.2) is 4.68 Å². The molecule has 1 saturated heterocycles. The van der Waals surface area contributed by atoms with Crippen LogP contribution in [0.5, 0.6) is 0 Å². The van der Waals surface area contributed by atoms with Crippen LogP contribution >= 0.6 is 12.4 Å². The van der Waals surface area contributed by atoms with Crippen LogP contribution < -0.4 is 5.32 Å². The molecule has 5 nitrogen and oxygen atoms in total.